The Morgan fingerprint density at radius 1 is 1.20 bits per heavy atom. The van der Waals surface area contributed by atoms with Crippen molar-refractivity contribution in [3.8, 4) is 0 Å². The Morgan fingerprint density at radius 3 is 2.20 bits per heavy atom. The van der Waals surface area contributed by atoms with Crippen molar-refractivity contribution in [3.63, 3.8) is 0 Å². The van der Waals surface area contributed by atoms with E-state index in [0.717, 1.165) is 19.8 Å². The second-order valence-corrected chi connectivity index (χ2v) is 1.94. The van der Waals surface area contributed by atoms with Crippen molar-refractivity contribution < 1.29 is 0 Å². The number of nitrogens with zero attached hydrogens (tertiary/aromatic N) is 1. The third-order valence-corrected chi connectivity index (χ3v) is 1.13. The third kappa shape index (κ3) is 3.21. The number of aromatic nitrogens is 2. The summed E-state index contributed by atoms with van der Waals surface area (Å²) in [5.74, 6) is 0. The highest BCUT2D eigenvalue weighted by atomic mass is 15.1. The van der Waals surface area contributed by atoms with Gasteiger partial charge in [0.2, 0.25) is 0 Å². The lowest BCUT2D eigenvalue weighted by atomic mass is 10.7. The fourth-order valence-electron chi connectivity index (χ4n) is 0.657. The highest BCUT2D eigenvalue weighted by Gasteiger charge is 1.90. The van der Waals surface area contributed by atoms with E-state index in [1.54, 1.807) is 18.7 Å². The van der Waals surface area contributed by atoms with Gasteiger partial charge in [0.15, 0.2) is 0 Å². The topological polar surface area (TPSA) is 52.7 Å². The zero-order chi connectivity index (χ0) is 7.07. The highest BCUT2D eigenvalue weighted by molar-refractivity contribution is 4.64. The van der Waals surface area contributed by atoms with Crippen LogP contribution in [-0.2, 0) is 0 Å². The van der Waals surface area contributed by atoms with E-state index in [-0.39, 0.29) is 0 Å². The third-order valence-electron chi connectivity index (χ3n) is 1.13. The minimum Gasteiger partial charge on any atom is -0.351 e. The van der Waals surface area contributed by atoms with E-state index in [2.05, 4.69) is 20.6 Å². The number of nitrogens with one attached hydrogen (secondary N) is 3. The van der Waals surface area contributed by atoms with Crippen LogP contribution in [-0.4, -0.2) is 29.7 Å². The zero-order valence-electron chi connectivity index (χ0n) is 5.80. The lowest BCUT2D eigenvalue weighted by Crippen LogP contribution is -2.11. The first-order valence-electron chi connectivity index (χ1n) is 3.34. The molecule has 0 bridgehead atoms. The van der Waals surface area contributed by atoms with Crippen LogP contribution in [0.4, 0.5) is 0 Å². The van der Waals surface area contributed by atoms with Crippen molar-refractivity contribution >= 4 is 0 Å². The van der Waals surface area contributed by atoms with E-state index in [1.807, 2.05) is 0 Å². The Labute approximate surface area is 60.1 Å². The fraction of sp³-hybridized carbons (Fsp3) is 0.500. The summed E-state index contributed by atoms with van der Waals surface area (Å²) in [6.45, 7) is 3.28. The average molecular weight is 140 g/mol. The number of imidazole rings is 1. The molecule has 4 heteroatoms. The monoisotopic (exact) mass is 140 g/mol. The summed E-state index contributed by atoms with van der Waals surface area (Å²) in [5, 5.41) is 6.22. The van der Waals surface area contributed by atoms with Gasteiger partial charge in [-0.25, -0.2) is 4.98 Å². The summed E-state index contributed by atoms with van der Waals surface area (Å²) in [5.41, 5.74) is 0. The molecule has 0 unspecified atom stereocenters. The van der Waals surface area contributed by atoms with Crippen molar-refractivity contribution in [2.75, 3.05) is 19.8 Å². The predicted molar refractivity (Wildman–Crippen MR) is 39.5 cm³/mol. The zero-order valence-corrected chi connectivity index (χ0v) is 5.80. The minimum absolute atomic E-state index is 1.00. The van der Waals surface area contributed by atoms with Gasteiger partial charge in [-0.05, 0) is 0 Å². The summed E-state index contributed by atoms with van der Waals surface area (Å²) < 4.78 is 0. The molecule has 0 spiro atoms. The molecule has 1 aromatic heterocycles. The summed E-state index contributed by atoms with van der Waals surface area (Å²) in [7, 11) is 0. The van der Waals surface area contributed by atoms with E-state index in [1.165, 1.54) is 0 Å². The van der Waals surface area contributed by atoms with Gasteiger partial charge in [-0.15, -0.1) is 0 Å². The molecule has 0 radical (unpaired) electrons. The van der Waals surface area contributed by atoms with Crippen LogP contribution in [0, 0.1) is 0 Å². The summed E-state index contributed by atoms with van der Waals surface area (Å²) >= 11 is 0. The van der Waals surface area contributed by atoms with E-state index in [0.29, 0.717) is 0 Å². The number of rotatable bonds is 0. The molecule has 1 fully saturated rings. The van der Waals surface area contributed by atoms with Gasteiger partial charge >= 0.3 is 0 Å². The van der Waals surface area contributed by atoms with Crippen LogP contribution in [0.3, 0.4) is 0 Å². The van der Waals surface area contributed by atoms with Crippen LogP contribution < -0.4 is 10.6 Å². The van der Waals surface area contributed by atoms with E-state index in [4.69, 9.17) is 0 Å². The maximum Gasteiger partial charge on any atom is 0.0919 e. The number of hydrogen-bond donors (Lipinski definition) is 3. The first kappa shape index (κ1) is 7.24. The second kappa shape index (κ2) is 4.96. The molecule has 0 aliphatic carbocycles. The normalized spacial score (nSPS) is 16.0. The molecule has 3 N–H and O–H groups in total. The van der Waals surface area contributed by atoms with E-state index < -0.39 is 0 Å². The largest absolute Gasteiger partial charge is 0.351 e. The number of aromatic amines is 1. The lowest BCUT2D eigenvalue weighted by Gasteiger charge is -1.77. The maximum atomic E-state index is 3.67. The Morgan fingerprint density at radius 2 is 2.00 bits per heavy atom. The highest BCUT2D eigenvalue weighted by Crippen LogP contribution is 1.63. The van der Waals surface area contributed by atoms with Gasteiger partial charge in [-0.2, -0.15) is 0 Å². The van der Waals surface area contributed by atoms with Gasteiger partial charge in [0.25, 0.3) is 0 Å². The minimum atomic E-state index is 1.00. The van der Waals surface area contributed by atoms with Gasteiger partial charge in [0, 0.05) is 32.2 Å². The molecule has 0 atom stereocenters. The molecular weight excluding hydrogens is 128 g/mol. The molecule has 2 heterocycles. The Hall–Kier alpha value is -0.870. The molecule has 1 saturated heterocycles. The molecule has 0 amide bonds. The van der Waals surface area contributed by atoms with Crippen LogP contribution in [0.2, 0.25) is 0 Å². The Kier molecular flexibility index (Phi) is 3.59. The molecule has 1 aliphatic heterocycles. The molecular formula is C6H12N4. The van der Waals surface area contributed by atoms with Crippen LogP contribution in [0.15, 0.2) is 18.7 Å². The molecule has 0 saturated carbocycles. The van der Waals surface area contributed by atoms with Crippen molar-refractivity contribution in [3.05, 3.63) is 18.7 Å². The SMILES string of the molecule is C1CNCN1.c1c[nH]cn1. The first-order valence-corrected chi connectivity index (χ1v) is 3.34. The van der Waals surface area contributed by atoms with Crippen molar-refractivity contribution in [1.29, 1.82) is 0 Å². The van der Waals surface area contributed by atoms with Gasteiger partial charge in [-0.3, -0.25) is 0 Å². The van der Waals surface area contributed by atoms with E-state index in [9.17, 15) is 0 Å². The van der Waals surface area contributed by atoms with Crippen LogP contribution in [0.5, 0.6) is 0 Å². The fourth-order valence-corrected chi connectivity index (χ4v) is 0.657. The molecule has 56 valence electrons. The molecule has 0 aromatic carbocycles. The van der Waals surface area contributed by atoms with Gasteiger partial charge < -0.3 is 15.6 Å². The maximum absolute atomic E-state index is 3.67. The molecule has 4 nitrogen and oxygen atoms in total. The summed E-state index contributed by atoms with van der Waals surface area (Å²) in [6.07, 6.45) is 5.08. The van der Waals surface area contributed by atoms with Gasteiger partial charge in [0.05, 0.1) is 6.33 Å². The molecule has 1 aliphatic rings. The molecule has 2 rings (SSSR count). The van der Waals surface area contributed by atoms with Crippen molar-refractivity contribution in [1.82, 2.24) is 20.6 Å². The summed E-state index contributed by atoms with van der Waals surface area (Å²) in [4.78, 5) is 6.42. The predicted octanol–water partition coefficient (Wildman–Crippen LogP) is -0.454. The lowest BCUT2D eigenvalue weighted by molar-refractivity contribution is 0.807. The second-order valence-electron chi connectivity index (χ2n) is 1.94. The smallest absolute Gasteiger partial charge is 0.0919 e. The average Bonchev–Trinajstić information content (AvgIpc) is 2.67. The number of H-pyrrole nitrogens is 1. The van der Waals surface area contributed by atoms with Crippen molar-refractivity contribution in [2.24, 2.45) is 0 Å². The first-order chi connectivity index (χ1) is 5.00. The Bertz CT molecular complexity index is 109. The van der Waals surface area contributed by atoms with Crippen LogP contribution in [0.25, 0.3) is 0 Å². The van der Waals surface area contributed by atoms with Crippen LogP contribution in [0.1, 0.15) is 0 Å². The molecule has 1 aromatic rings. The van der Waals surface area contributed by atoms with Crippen LogP contribution >= 0.6 is 0 Å². The number of hydrogen-bond acceptors (Lipinski definition) is 3. The quantitative estimate of drug-likeness (QED) is 0.457. The summed E-state index contributed by atoms with van der Waals surface area (Å²) in [6, 6.07) is 0. The van der Waals surface area contributed by atoms with E-state index >= 15 is 0 Å². The van der Waals surface area contributed by atoms with Crippen molar-refractivity contribution in [2.45, 2.75) is 0 Å². The standard InChI is InChI=1S/C3H8N2.C3H4N2/c2*1-2-5-3-4-1/h4-5H,1-3H2;1-3H,(H,4,5). The van der Waals surface area contributed by atoms with Gasteiger partial charge in [0.1, 0.15) is 0 Å². The van der Waals surface area contributed by atoms with Gasteiger partial charge in [-0.1, -0.05) is 0 Å². The Balaban J connectivity index is 0.0000001000. The molecule has 10 heavy (non-hydrogen) atoms.